The molecule has 0 aliphatic carbocycles. The predicted octanol–water partition coefficient (Wildman–Crippen LogP) is 2.75. The minimum Gasteiger partial charge on any atom is -0.496 e. The zero-order valence-corrected chi connectivity index (χ0v) is 16.5. The number of nitrogens with zero attached hydrogens (tertiary/aromatic N) is 1. The Labute approximate surface area is 161 Å². The quantitative estimate of drug-likeness (QED) is 0.739. The molecule has 0 spiro atoms. The Hall–Kier alpha value is -2.66. The third kappa shape index (κ3) is 6.53. The van der Waals surface area contributed by atoms with Gasteiger partial charge in [-0.15, -0.1) is 0 Å². The van der Waals surface area contributed by atoms with E-state index in [0.717, 1.165) is 22.4 Å². The molecule has 0 bridgehead atoms. The summed E-state index contributed by atoms with van der Waals surface area (Å²) in [6, 6.07) is 15.2. The Morgan fingerprint density at radius 1 is 1.15 bits per heavy atom. The minimum absolute atomic E-state index is 0.0461. The molecular formula is C22H28N2O3. The molecule has 2 aromatic rings. The summed E-state index contributed by atoms with van der Waals surface area (Å²) >= 11 is 0. The molecule has 1 N–H and O–H groups in total. The van der Waals surface area contributed by atoms with E-state index in [-0.39, 0.29) is 18.2 Å². The zero-order chi connectivity index (χ0) is 19.8. The monoisotopic (exact) mass is 368 g/mol. The number of benzene rings is 2. The van der Waals surface area contributed by atoms with Crippen LogP contribution in [0.3, 0.4) is 0 Å². The van der Waals surface area contributed by atoms with Crippen molar-refractivity contribution in [3.63, 3.8) is 0 Å². The summed E-state index contributed by atoms with van der Waals surface area (Å²) in [6.07, 6.45) is 0.497. The highest BCUT2D eigenvalue weighted by Crippen LogP contribution is 2.20. The third-order valence-electron chi connectivity index (χ3n) is 4.40. The van der Waals surface area contributed by atoms with E-state index in [0.29, 0.717) is 13.0 Å². The van der Waals surface area contributed by atoms with Gasteiger partial charge in [0.2, 0.25) is 5.91 Å². The van der Waals surface area contributed by atoms with Crippen LogP contribution < -0.4 is 10.1 Å². The molecule has 0 radical (unpaired) electrons. The lowest BCUT2D eigenvalue weighted by atomic mass is 10.0. The lowest BCUT2D eigenvalue weighted by molar-refractivity contribution is -0.127. The predicted molar refractivity (Wildman–Crippen MR) is 107 cm³/mol. The van der Waals surface area contributed by atoms with Crippen LogP contribution in [0.5, 0.6) is 5.75 Å². The Morgan fingerprint density at radius 3 is 2.48 bits per heavy atom. The number of Topliss-reactive ketones (excluding diaryl/α,β-unsaturated/α-hetero) is 1. The molecule has 0 saturated heterocycles. The van der Waals surface area contributed by atoms with Gasteiger partial charge in [0, 0.05) is 12.1 Å². The van der Waals surface area contributed by atoms with Crippen molar-refractivity contribution in [2.45, 2.75) is 32.9 Å². The van der Waals surface area contributed by atoms with Crippen molar-refractivity contribution in [3.05, 3.63) is 65.2 Å². The number of amides is 1. The third-order valence-corrected chi connectivity index (χ3v) is 4.40. The molecule has 0 saturated carbocycles. The highest BCUT2D eigenvalue weighted by molar-refractivity contribution is 5.88. The van der Waals surface area contributed by atoms with Crippen LogP contribution in [-0.2, 0) is 22.6 Å². The second-order valence-corrected chi connectivity index (χ2v) is 6.91. The molecule has 0 aliphatic rings. The van der Waals surface area contributed by atoms with Crippen LogP contribution in [0, 0.1) is 6.92 Å². The lowest BCUT2D eigenvalue weighted by Gasteiger charge is -2.21. The molecule has 2 aromatic carbocycles. The maximum absolute atomic E-state index is 12.4. The van der Waals surface area contributed by atoms with Crippen LogP contribution in [0.25, 0.3) is 0 Å². The normalized spacial score (nSPS) is 11.9. The summed E-state index contributed by atoms with van der Waals surface area (Å²) < 4.78 is 5.40. The fourth-order valence-corrected chi connectivity index (χ4v) is 3.01. The molecule has 5 heteroatoms. The van der Waals surface area contributed by atoms with Crippen LogP contribution in [0.1, 0.15) is 23.6 Å². The molecule has 1 atom stereocenters. The summed E-state index contributed by atoms with van der Waals surface area (Å²) in [5, 5.41) is 2.86. The highest BCUT2D eigenvalue weighted by Gasteiger charge is 2.19. The van der Waals surface area contributed by atoms with Crippen LogP contribution in [0.4, 0.5) is 0 Å². The van der Waals surface area contributed by atoms with Crippen LogP contribution in [0.2, 0.25) is 0 Å². The Balaban J connectivity index is 1.94. The first-order valence-electron chi connectivity index (χ1n) is 9.05. The topological polar surface area (TPSA) is 58.6 Å². The Morgan fingerprint density at radius 2 is 1.85 bits per heavy atom. The molecule has 27 heavy (non-hydrogen) atoms. The van der Waals surface area contributed by atoms with E-state index in [4.69, 9.17) is 4.74 Å². The number of aryl methyl sites for hydroxylation is 1. The van der Waals surface area contributed by atoms with E-state index in [2.05, 4.69) is 11.4 Å². The van der Waals surface area contributed by atoms with Crippen molar-refractivity contribution in [2.24, 2.45) is 0 Å². The number of hydrogen-bond donors (Lipinski definition) is 1. The van der Waals surface area contributed by atoms with Gasteiger partial charge in [0.05, 0.1) is 19.7 Å². The highest BCUT2D eigenvalue weighted by atomic mass is 16.5. The Kier molecular flexibility index (Phi) is 7.55. The summed E-state index contributed by atoms with van der Waals surface area (Å²) in [4.78, 5) is 26.3. The number of nitrogens with one attached hydrogen (secondary N) is 1. The van der Waals surface area contributed by atoms with Gasteiger partial charge in [-0.05, 0) is 38.9 Å². The lowest BCUT2D eigenvalue weighted by Crippen LogP contribution is -2.45. The molecule has 2 rings (SSSR count). The van der Waals surface area contributed by atoms with E-state index < -0.39 is 6.04 Å². The van der Waals surface area contributed by atoms with Gasteiger partial charge in [0.25, 0.3) is 0 Å². The molecular weight excluding hydrogens is 340 g/mol. The molecule has 0 aromatic heterocycles. The first kappa shape index (κ1) is 20.6. The summed E-state index contributed by atoms with van der Waals surface area (Å²) in [5.74, 6) is 0.592. The first-order valence-corrected chi connectivity index (χ1v) is 9.05. The number of likely N-dealkylation sites (N-methyl/N-ethyl adjacent to an activating group) is 1. The molecule has 0 unspecified atom stereocenters. The van der Waals surface area contributed by atoms with Crippen molar-refractivity contribution >= 4 is 11.7 Å². The van der Waals surface area contributed by atoms with E-state index in [9.17, 15) is 9.59 Å². The van der Waals surface area contributed by atoms with Crippen molar-refractivity contribution in [1.29, 1.82) is 0 Å². The van der Waals surface area contributed by atoms with Gasteiger partial charge in [0.1, 0.15) is 5.75 Å². The number of methoxy groups -OCH3 is 1. The minimum atomic E-state index is -0.512. The average molecular weight is 368 g/mol. The van der Waals surface area contributed by atoms with Crippen molar-refractivity contribution in [2.75, 3.05) is 20.7 Å². The van der Waals surface area contributed by atoms with E-state index in [1.165, 1.54) is 6.92 Å². The molecule has 1 amide bonds. The van der Waals surface area contributed by atoms with Gasteiger partial charge in [-0.2, -0.15) is 0 Å². The SMILES string of the molecule is COc1ccc(C)cc1CN(C)CC(=O)N[C@@H](Cc1ccccc1)C(C)=O. The van der Waals surface area contributed by atoms with Crippen molar-refractivity contribution < 1.29 is 14.3 Å². The smallest absolute Gasteiger partial charge is 0.234 e. The van der Waals surface area contributed by atoms with Crippen LogP contribution in [-0.4, -0.2) is 43.3 Å². The Bertz CT molecular complexity index is 774. The number of carbonyl (C=O) groups is 2. The molecule has 0 heterocycles. The van der Waals surface area contributed by atoms with Crippen LogP contribution >= 0.6 is 0 Å². The van der Waals surface area contributed by atoms with E-state index in [1.807, 2.05) is 61.3 Å². The largest absolute Gasteiger partial charge is 0.496 e. The van der Waals surface area contributed by atoms with Gasteiger partial charge in [-0.3, -0.25) is 14.5 Å². The molecule has 0 fully saturated rings. The van der Waals surface area contributed by atoms with Gasteiger partial charge < -0.3 is 10.1 Å². The number of ketones is 1. The maximum Gasteiger partial charge on any atom is 0.234 e. The molecule has 0 aliphatic heterocycles. The fraction of sp³-hybridized carbons (Fsp3) is 0.364. The van der Waals surface area contributed by atoms with Crippen molar-refractivity contribution in [1.82, 2.24) is 10.2 Å². The van der Waals surface area contributed by atoms with Gasteiger partial charge in [-0.1, -0.05) is 48.0 Å². The maximum atomic E-state index is 12.4. The van der Waals surface area contributed by atoms with Gasteiger partial charge >= 0.3 is 0 Å². The zero-order valence-electron chi connectivity index (χ0n) is 16.5. The van der Waals surface area contributed by atoms with Crippen LogP contribution in [0.15, 0.2) is 48.5 Å². The summed E-state index contributed by atoms with van der Waals surface area (Å²) in [5.41, 5.74) is 3.19. The summed E-state index contributed by atoms with van der Waals surface area (Å²) in [7, 11) is 3.52. The second-order valence-electron chi connectivity index (χ2n) is 6.91. The average Bonchev–Trinajstić information content (AvgIpc) is 2.62. The van der Waals surface area contributed by atoms with Gasteiger partial charge in [-0.25, -0.2) is 0 Å². The summed E-state index contributed by atoms with van der Waals surface area (Å²) in [6.45, 7) is 4.32. The number of rotatable bonds is 9. The van der Waals surface area contributed by atoms with Gasteiger partial charge in [0.15, 0.2) is 5.78 Å². The second kappa shape index (κ2) is 9.88. The van der Waals surface area contributed by atoms with Crippen molar-refractivity contribution in [3.8, 4) is 5.75 Å². The number of hydrogen-bond acceptors (Lipinski definition) is 4. The van der Waals surface area contributed by atoms with E-state index >= 15 is 0 Å². The standard InChI is InChI=1S/C22H28N2O3/c1-16-10-11-21(27-4)19(12-16)14-24(3)15-22(26)23-20(17(2)25)13-18-8-6-5-7-9-18/h5-12,20H,13-15H2,1-4H3,(H,23,26)/t20-/m0/s1. The van der Waals surface area contributed by atoms with E-state index in [1.54, 1.807) is 7.11 Å². The number of carbonyl (C=O) groups excluding carboxylic acids is 2. The first-order chi connectivity index (χ1) is 12.9. The molecule has 144 valence electrons. The number of ether oxygens (including phenoxy) is 1. The fourth-order valence-electron chi connectivity index (χ4n) is 3.01. The molecule has 5 nitrogen and oxygen atoms in total.